The van der Waals surface area contributed by atoms with E-state index in [0.29, 0.717) is 24.2 Å². The smallest absolute Gasteiger partial charge is 0.416 e. The number of hydrogen-bond donors (Lipinski definition) is 4. The number of para-hydroxylation sites is 1. The zero-order valence-corrected chi connectivity index (χ0v) is 27.8. The Morgan fingerprint density at radius 2 is 1.61 bits per heavy atom. The van der Waals surface area contributed by atoms with Crippen LogP contribution in [0.2, 0.25) is 0 Å². The molecule has 0 aliphatic heterocycles. The molecule has 14 heteroatoms. The third-order valence-electron chi connectivity index (χ3n) is 6.70. The minimum absolute atomic E-state index is 0. The highest BCUT2D eigenvalue weighted by molar-refractivity contribution is 6.15. The second-order valence-corrected chi connectivity index (χ2v) is 10.4. The van der Waals surface area contributed by atoms with Gasteiger partial charge in [-0.3, -0.25) is 9.59 Å². The van der Waals surface area contributed by atoms with Crippen molar-refractivity contribution in [1.29, 1.82) is 0 Å². The van der Waals surface area contributed by atoms with E-state index >= 15 is 0 Å². The molecule has 1 heterocycles. The minimum Gasteiger partial charge on any atom is -1.00 e. The number of nitrogens with zero attached hydrogens (tertiary/aromatic N) is 1. The van der Waals surface area contributed by atoms with Gasteiger partial charge in [-0.05, 0) is 29.8 Å². The molecule has 0 radical (unpaired) electrons. The highest BCUT2D eigenvalue weighted by Gasteiger charge is 2.31. The van der Waals surface area contributed by atoms with Crippen LogP contribution in [0.25, 0.3) is 10.9 Å². The lowest BCUT2D eigenvalue weighted by Gasteiger charge is -2.29. The number of carbonyl (C=O) groups is 2. The Morgan fingerprint density at radius 3 is 2.20 bits per heavy atom. The van der Waals surface area contributed by atoms with E-state index in [4.69, 9.17) is 5.73 Å². The van der Waals surface area contributed by atoms with Gasteiger partial charge in [-0.15, -0.1) is 23.2 Å². The number of nitrogens with one attached hydrogen (secondary N) is 3. The number of likely N-dealkylation sites (N-methyl/N-ethyl adjacent to an activating group) is 1. The third-order valence-corrected chi connectivity index (χ3v) is 6.70. The molecule has 2 unspecified atom stereocenters. The van der Waals surface area contributed by atoms with Gasteiger partial charge in [0.25, 0.3) is 5.91 Å². The predicted octanol–water partition coefficient (Wildman–Crippen LogP) is 0.479. The van der Waals surface area contributed by atoms with Crippen LogP contribution in [0.5, 0.6) is 0 Å². The fourth-order valence-electron chi connectivity index (χ4n) is 4.34. The van der Waals surface area contributed by atoms with E-state index in [2.05, 4.69) is 58.6 Å². The van der Waals surface area contributed by atoms with Crippen molar-refractivity contribution >= 4 is 51.6 Å². The lowest BCUT2D eigenvalue weighted by atomic mass is 10.0. The Balaban J connectivity index is 0.00000355. The molecule has 0 saturated heterocycles. The van der Waals surface area contributed by atoms with Gasteiger partial charge in [0.2, 0.25) is 11.4 Å². The fourth-order valence-corrected chi connectivity index (χ4v) is 4.34. The number of quaternary nitrogens is 2. The maximum Gasteiger partial charge on any atom is 0.416 e. The van der Waals surface area contributed by atoms with Crippen molar-refractivity contribution in [2.24, 2.45) is 5.73 Å². The SMILES string of the molecule is CCl.CCl.C[N+](C)(CCN)CCCC([NH3+])C(=O)NC(Cc1ccc(C(F)(F)F)cc1)C(=O)Nc1c[nH+]c2ccccc2c1.[Cl-]. The summed E-state index contributed by atoms with van der Waals surface area (Å²) in [7, 11) is 4.14. The Labute approximate surface area is 273 Å². The third kappa shape index (κ3) is 14.0. The van der Waals surface area contributed by atoms with Crippen LogP contribution >= 0.6 is 23.2 Å². The van der Waals surface area contributed by atoms with E-state index in [1.165, 1.54) is 24.9 Å². The maximum atomic E-state index is 13.3. The normalized spacial score (nSPS) is 12.3. The van der Waals surface area contributed by atoms with Crippen molar-refractivity contribution in [1.82, 2.24) is 5.32 Å². The monoisotopic (exact) mass is 682 g/mol. The second-order valence-electron chi connectivity index (χ2n) is 10.4. The van der Waals surface area contributed by atoms with E-state index in [1.54, 1.807) is 12.3 Å². The molecule has 2 aromatic carbocycles. The molecule has 2 amide bonds. The first kappa shape index (κ1) is 41.3. The fraction of sp³-hybridized carbons (Fsp3) is 0.433. The number of aromatic amines is 1. The van der Waals surface area contributed by atoms with Crippen LogP contribution in [0.1, 0.15) is 24.0 Å². The summed E-state index contributed by atoms with van der Waals surface area (Å²) in [5, 5.41) is 6.46. The summed E-state index contributed by atoms with van der Waals surface area (Å²) in [5.41, 5.74) is 10.7. The Hall–Kier alpha value is -2.67. The van der Waals surface area contributed by atoms with Crippen LogP contribution in [-0.4, -0.2) is 74.9 Å². The number of alkyl halides is 5. The summed E-state index contributed by atoms with van der Waals surface area (Å²) in [6.45, 7) is 2.21. The summed E-state index contributed by atoms with van der Waals surface area (Å²) in [6, 6.07) is 12.3. The van der Waals surface area contributed by atoms with Gasteiger partial charge in [0.1, 0.15) is 11.7 Å². The average Bonchev–Trinajstić information content (AvgIpc) is 2.98. The Kier molecular flexibility index (Phi) is 19.1. The summed E-state index contributed by atoms with van der Waals surface area (Å²) >= 11 is 9.28. The van der Waals surface area contributed by atoms with E-state index in [1.807, 2.05) is 24.3 Å². The number of amides is 2. The molecule has 3 rings (SSSR count). The van der Waals surface area contributed by atoms with Crippen molar-refractivity contribution in [2.45, 2.75) is 37.5 Å². The zero-order chi connectivity index (χ0) is 32.6. The van der Waals surface area contributed by atoms with Crippen LogP contribution in [0, 0.1) is 0 Å². The molecule has 0 spiro atoms. The molecule has 0 aliphatic rings. The van der Waals surface area contributed by atoms with Crippen molar-refractivity contribution in [3.8, 4) is 0 Å². The maximum absolute atomic E-state index is 13.3. The van der Waals surface area contributed by atoms with Crippen LogP contribution < -0.4 is 39.5 Å². The van der Waals surface area contributed by atoms with Gasteiger partial charge in [-0.25, -0.2) is 4.98 Å². The van der Waals surface area contributed by atoms with Crippen molar-refractivity contribution in [3.05, 3.63) is 71.9 Å². The Morgan fingerprint density at radius 1 is 1.00 bits per heavy atom. The number of pyridine rings is 1. The molecule has 246 valence electrons. The molecule has 3 aromatic rings. The van der Waals surface area contributed by atoms with Crippen molar-refractivity contribution in [2.75, 3.05) is 51.8 Å². The molecular formula is C30H44Cl3F3N6O2+2. The predicted molar refractivity (Wildman–Crippen MR) is 167 cm³/mol. The molecule has 0 bridgehead atoms. The molecule has 44 heavy (non-hydrogen) atoms. The van der Waals surface area contributed by atoms with Crippen molar-refractivity contribution < 1.29 is 50.4 Å². The topological polar surface area (TPSA) is 126 Å². The quantitative estimate of drug-likeness (QED) is 0.164. The summed E-state index contributed by atoms with van der Waals surface area (Å²) in [4.78, 5) is 29.4. The number of carbonyl (C=O) groups excluding carboxylic acids is 2. The number of aromatic nitrogens is 1. The first-order valence-electron chi connectivity index (χ1n) is 13.7. The van der Waals surface area contributed by atoms with Gasteiger partial charge < -0.3 is 39.0 Å². The zero-order valence-electron chi connectivity index (χ0n) is 25.5. The number of benzene rings is 2. The van der Waals surface area contributed by atoms with Crippen LogP contribution in [0.4, 0.5) is 18.9 Å². The summed E-state index contributed by atoms with van der Waals surface area (Å²) in [6.07, 6.45) is 1.40. The van der Waals surface area contributed by atoms with Crippen LogP contribution in [0.3, 0.4) is 0 Å². The lowest BCUT2D eigenvalue weighted by molar-refractivity contribution is -0.889. The lowest BCUT2D eigenvalue weighted by Crippen LogP contribution is -3.00. The van der Waals surface area contributed by atoms with Crippen molar-refractivity contribution in [3.63, 3.8) is 0 Å². The first-order valence-corrected chi connectivity index (χ1v) is 15.2. The molecule has 0 saturated carbocycles. The standard InChI is InChI=1S/C28H35F3N6O2.2CH3Cl.ClH/c1-37(2,15-13-32)14-5-7-23(33)26(38)36-25(16-19-9-11-21(12-10-19)28(29,30)31)27(39)35-22-17-20-6-3-4-8-24(20)34-18-22;2*1-2;/h3-4,6,8-12,17-18,23,25H,5,7,13-16,32-33H2,1-2H3,(H-,35,36,38,39);2*1H3;1H/p+2. The summed E-state index contributed by atoms with van der Waals surface area (Å²) in [5.74, 6) is -0.879. The number of H-pyrrole nitrogens is 1. The molecular weight excluding hydrogens is 640 g/mol. The second kappa shape index (κ2) is 20.4. The number of fused-ring (bicyclic) bond motifs is 1. The highest BCUT2D eigenvalue weighted by Crippen LogP contribution is 2.29. The van der Waals surface area contributed by atoms with Gasteiger partial charge >= 0.3 is 6.18 Å². The number of halogens is 6. The highest BCUT2D eigenvalue weighted by atomic mass is 35.5. The van der Waals surface area contributed by atoms with E-state index < -0.39 is 35.6 Å². The summed E-state index contributed by atoms with van der Waals surface area (Å²) < 4.78 is 39.7. The molecule has 1 aromatic heterocycles. The van der Waals surface area contributed by atoms with Gasteiger partial charge in [0.05, 0.1) is 32.7 Å². The molecule has 8 nitrogen and oxygen atoms in total. The van der Waals surface area contributed by atoms with E-state index in [0.717, 1.165) is 47.0 Å². The van der Waals surface area contributed by atoms with E-state index in [-0.39, 0.29) is 18.8 Å². The minimum atomic E-state index is -4.46. The van der Waals surface area contributed by atoms with E-state index in [9.17, 15) is 22.8 Å². The molecule has 8 N–H and O–H groups in total. The Bertz CT molecular complexity index is 1280. The average molecular weight is 684 g/mol. The van der Waals surface area contributed by atoms with Gasteiger partial charge in [0, 0.05) is 50.0 Å². The number of nitrogens with two attached hydrogens (primary N) is 1. The molecule has 0 fully saturated rings. The van der Waals surface area contributed by atoms with Gasteiger partial charge in [-0.1, -0.05) is 24.3 Å². The number of hydrogen-bond acceptors (Lipinski definition) is 3. The largest absolute Gasteiger partial charge is 1.00 e. The van der Waals surface area contributed by atoms with Gasteiger partial charge in [0.15, 0.2) is 12.2 Å². The van der Waals surface area contributed by atoms with Crippen LogP contribution in [0.15, 0.2) is 60.8 Å². The number of rotatable bonds is 12. The molecule has 0 aliphatic carbocycles. The van der Waals surface area contributed by atoms with Gasteiger partial charge in [-0.2, -0.15) is 13.2 Å². The first-order chi connectivity index (χ1) is 20.4. The van der Waals surface area contributed by atoms with Crippen LogP contribution in [-0.2, 0) is 22.2 Å². The molecule has 2 atom stereocenters. The number of anilines is 1.